The summed E-state index contributed by atoms with van der Waals surface area (Å²) in [6, 6.07) is 0. The van der Waals surface area contributed by atoms with Crippen LogP contribution in [0.2, 0.25) is 0 Å². The molecule has 0 aromatic rings. The summed E-state index contributed by atoms with van der Waals surface area (Å²) < 4.78 is 10.0. The van der Waals surface area contributed by atoms with Crippen LogP contribution < -0.4 is 0 Å². The highest BCUT2D eigenvalue weighted by atomic mass is 32.2. The van der Waals surface area contributed by atoms with Crippen molar-refractivity contribution in [3.05, 3.63) is 0 Å². The quantitative estimate of drug-likeness (QED) is 0.431. The lowest BCUT2D eigenvalue weighted by atomic mass is 10.3. The lowest BCUT2D eigenvalue weighted by molar-refractivity contribution is -0.145. The Morgan fingerprint density at radius 2 is 1.22 bits per heavy atom. The Labute approximate surface area is 118 Å². The molecule has 0 aliphatic heterocycles. The molecule has 0 aromatic heterocycles. The minimum atomic E-state index is -0.152. The minimum Gasteiger partial charge on any atom is -0.466 e. The van der Waals surface area contributed by atoms with Gasteiger partial charge in [-0.1, -0.05) is 0 Å². The molecule has 0 aromatic carbocycles. The smallest absolute Gasteiger partial charge is 0.306 e. The lowest BCUT2D eigenvalue weighted by Gasteiger charge is -2.05. The van der Waals surface area contributed by atoms with E-state index in [1.54, 1.807) is 23.5 Å². The number of thioether (sulfide) groups is 2. The Balaban J connectivity index is 3.25. The first-order chi connectivity index (χ1) is 8.70. The first-order valence-corrected chi connectivity index (χ1v) is 8.78. The third kappa shape index (κ3) is 12.1. The van der Waals surface area contributed by atoms with Gasteiger partial charge in [-0.15, -0.1) is 0 Å². The van der Waals surface area contributed by atoms with Crippen molar-refractivity contribution in [1.82, 2.24) is 0 Å². The van der Waals surface area contributed by atoms with E-state index in [0.29, 0.717) is 26.1 Å². The van der Waals surface area contributed by atoms with Gasteiger partial charge in [-0.05, 0) is 25.4 Å². The molecular weight excluding hydrogens is 272 g/mol. The largest absolute Gasteiger partial charge is 0.466 e. The first kappa shape index (κ1) is 17.6. The van der Waals surface area contributed by atoms with Gasteiger partial charge in [0.15, 0.2) is 0 Å². The van der Waals surface area contributed by atoms with Gasteiger partial charge in [-0.2, -0.15) is 23.5 Å². The van der Waals surface area contributed by atoms with Crippen LogP contribution in [0.5, 0.6) is 0 Å². The molecule has 0 heterocycles. The second kappa shape index (κ2) is 13.1. The summed E-state index contributed by atoms with van der Waals surface area (Å²) in [5.74, 6) is 1.29. The zero-order valence-corrected chi connectivity index (χ0v) is 12.7. The zero-order chi connectivity index (χ0) is 13.6. The summed E-state index contributed by atoms with van der Waals surface area (Å²) in [5.41, 5.74) is 0. The Morgan fingerprint density at radius 3 is 1.56 bits per heavy atom. The third-order valence-corrected chi connectivity index (χ3v) is 3.31. The van der Waals surface area contributed by atoms with Crippen molar-refractivity contribution in [2.75, 3.05) is 37.2 Å². The minimum absolute atomic E-state index is 0.152. The van der Waals surface area contributed by atoms with Gasteiger partial charge >= 0.3 is 11.9 Å². The molecule has 0 fully saturated rings. The highest BCUT2D eigenvalue weighted by molar-refractivity contribution is 7.98. The molecule has 106 valence electrons. The van der Waals surface area contributed by atoms with E-state index in [0.717, 1.165) is 24.3 Å². The van der Waals surface area contributed by atoms with Crippen molar-refractivity contribution >= 4 is 35.5 Å². The van der Waals surface area contributed by atoms with Gasteiger partial charge in [0.25, 0.3) is 0 Å². The van der Waals surface area contributed by atoms with Crippen LogP contribution in [-0.2, 0) is 19.1 Å². The van der Waals surface area contributed by atoms with Crippen LogP contribution in [0.1, 0.15) is 25.7 Å². The van der Waals surface area contributed by atoms with E-state index in [1.165, 1.54) is 0 Å². The van der Waals surface area contributed by atoms with Crippen LogP contribution in [0, 0.1) is 0 Å². The molecular formula is C12H22O4S2. The number of hydrogen-bond donors (Lipinski definition) is 0. The standard InChI is InChI=1S/C12H22O4S2/c1-17-9-5-11(13)15-7-3-4-8-16-12(14)6-10-18-2/h3-10H2,1-2H3. The van der Waals surface area contributed by atoms with Crippen molar-refractivity contribution in [2.24, 2.45) is 0 Å². The van der Waals surface area contributed by atoms with Gasteiger partial charge in [-0.3, -0.25) is 9.59 Å². The summed E-state index contributed by atoms with van der Waals surface area (Å²) in [6.07, 6.45) is 6.31. The van der Waals surface area contributed by atoms with Gasteiger partial charge < -0.3 is 9.47 Å². The molecule has 6 heteroatoms. The van der Waals surface area contributed by atoms with Crippen molar-refractivity contribution < 1.29 is 19.1 Å². The van der Waals surface area contributed by atoms with Crippen LogP contribution in [0.15, 0.2) is 0 Å². The Hall–Kier alpha value is -0.360. The van der Waals surface area contributed by atoms with E-state index in [2.05, 4.69) is 0 Å². The molecule has 0 spiro atoms. The number of rotatable bonds is 11. The van der Waals surface area contributed by atoms with E-state index >= 15 is 0 Å². The van der Waals surface area contributed by atoms with Crippen molar-refractivity contribution in [3.8, 4) is 0 Å². The van der Waals surface area contributed by atoms with Gasteiger partial charge in [0.2, 0.25) is 0 Å². The molecule has 0 radical (unpaired) electrons. The summed E-state index contributed by atoms with van der Waals surface area (Å²) in [5, 5.41) is 0. The predicted octanol–water partition coefficient (Wildman–Crippen LogP) is 2.36. The average molecular weight is 294 g/mol. The van der Waals surface area contributed by atoms with Crippen molar-refractivity contribution in [1.29, 1.82) is 0 Å². The van der Waals surface area contributed by atoms with E-state index in [-0.39, 0.29) is 11.9 Å². The van der Waals surface area contributed by atoms with Crippen LogP contribution in [0.25, 0.3) is 0 Å². The number of carbonyl (C=O) groups is 2. The molecule has 0 atom stereocenters. The number of unbranched alkanes of at least 4 members (excludes halogenated alkanes) is 1. The maximum absolute atomic E-state index is 11.1. The van der Waals surface area contributed by atoms with Gasteiger partial charge in [0, 0.05) is 11.5 Å². The number of ether oxygens (including phenoxy) is 2. The molecule has 4 nitrogen and oxygen atoms in total. The summed E-state index contributed by atoms with van der Waals surface area (Å²) >= 11 is 3.25. The number of carbonyl (C=O) groups excluding carboxylic acids is 2. The molecule has 0 rings (SSSR count). The topological polar surface area (TPSA) is 52.6 Å². The van der Waals surface area contributed by atoms with E-state index in [1.807, 2.05) is 12.5 Å². The SMILES string of the molecule is CSCCC(=O)OCCCCOC(=O)CCSC. The fourth-order valence-electron chi connectivity index (χ4n) is 1.09. The molecule has 0 saturated carbocycles. The van der Waals surface area contributed by atoms with Gasteiger partial charge in [0.1, 0.15) is 0 Å². The van der Waals surface area contributed by atoms with Crippen LogP contribution in [-0.4, -0.2) is 49.2 Å². The zero-order valence-electron chi connectivity index (χ0n) is 11.1. The lowest BCUT2D eigenvalue weighted by Crippen LogP contribution is -2.09. The molecule has 0 amide bonds. The number of esters is 2. The van der Waals surface area contributed by atoms with E-state index in [4.69, 9.17) is 9.47 Å². The van der Waals surface area contributed by atoms with Crippen molar-refractivity contribution in [2.45, 2.75) is 25.7 Å². The monoisotopic (exact) mass is 294 g/mol. The van der Waals surface area contributed by atoms with Crippen molar-refractivity contribution in [3.63, 3.8) is 0 Å². The summed E-state index contributed by atoms with van der Waals surface area (Å²) in [7, 11) is 0. The second-order valence-electron chi connectivity index (χ2n) is 3.63. The summed E-state index contributed by atoms with van der Waals surface area (Å²) in [4.78, 5) is 22.3. The Kier molecular flexibility index (Phi) is 12.8. The molecule has 0 saturated heterocycles. The predicted molar refractivity (Wildman–Crippen MR) is 77.2 cm³/mol. The molecule has 0 unspecified atom stereocenters. The van der Waals surface area contributed by atoms with Gasteiger partial charge in [-0.25, -0.2) is 0 Å². The molecule has 0 bridgehead atoms. The number of hydrogen-bond acceptors (Lipinski definition) is 6. The molecule has 0 N–H and O–H groups in total. The molecule has 18 heavy (non-hydrogen) atoms. The van der Waals surface area contributed by atoms with Gasteiger partial charge in [0.05, 0.1) is 26.1 Å². The fourth-order valence-corrected chi connectivity index (χ4v) is 1.83. The summed E-state index contributed by atoms with van der Waals surface area (Å²) in [6.45, 7) is 0.825. The first-order valence-electron chi connectivity index (χ1n) is 5.99. The Morgan fingerprint density at radius 1 is 0.833 bits per heavy atom. The fraction of sp³-hybridized carbons (Fsp3) is 0.833. The highest BCUT2D eigenvalue weighted by Crippen LogP contribution is 2.00. The van der Waals surface area contributed by atoms with Crippen LogP contribution in [0.3, 0.4) is 0 Å². The van der Waals surface area contributed by atoms with E-state index < -0.39 is 0 Å². The normalized spacial score (nSPS) is 10.1. The third-order valence-electron chi connectivity index (χ3n) is 2.09. The molecule has 0 aliphatic carbocycles. The maximum atomic E-state index is 11.1. The highest BCUT2D eigenvalue weighted by Gasteiger charge is 2.03. The second-order valence-corrected chi connectivity index (χ2v) is 5.60. The van der Waals surface area contributed by atoms with Crippen LogP contribution in [0.4, 0.5) is 0 Å². The van der Waals surface area contributed by atoms with E-state index in [9.17, 15) is 9.59 Å². The Bertz CT molecular complexity index is 210. The average Bonchev–Trinajstić information content (AvgIpc) is 2.37. The maximum Gasteiger partial charge on any atom is 0.306 e. The molecule has 0 aliphatic rings. The van der Waals surface area contributed by atoms with Crippen LogP contribution >= 0.6 is 23.5 Å².